The summed E-state index contributed by atoms with van der Waals surface area (Å²) in [5.41, 5.74) is 1.40. The molecule has 1 fully saturated rings. The van der Waals surface area contributed by atoms with Gasteiger partial charge in [0.05, 0.1) is 0 Å². The van der Waals surface area contributed by atoms with Crippen LogP contribution in [0.5, 0.6) is 0 Å². The Labute approximate surface area is 207 Å². The van der Waals surface area contributed by atoms with Crippen LogP contribution in [0.2, 0.25) is 0 Å². The number of para-hydroxylation sites is 1. The van der Waals surface area contributed by atoms with Gasteiger partial charge in [-0.15, -0.1) is 0 Å². The minimum absolute atomic E-state index is 0.204. The van der Waals surface area contributed by atoms with Gasteiger partial charge in [0.2, 0.25) is 11.9 Å². The van der Waals surface area contributed by atoms with Crippen molar-refractivity contribution in [2.24, 2.45) is 0 Å². The molecule has 1 aliphatic rings. The van der Waals surface area contributed by atoms with Gasteiger partial charge in [-0.2, -0.15) is 0 Å². The van der Waals surface area contributed by atoms with E-state index in [4.69, 9.17) is 0 Å². The minimum atomic E-state index is -0.218. The van der Waals surface area contributed by atoms with Crippen molar-refractivity contribution in [3.05, 3.63) is 90.6 Å². The second-order valence-corrected chi connectivity index (χ2v) is 7.95. The fourth-order valence-corrected chi connectivity index (χ4v) is 3.71. The summed E-state index contributed by atoms with van der Waals surface area (Å²) in [6.45, 7) is 1.55. The number of rotatable bonds is 6. The molecule has 0 bridgehead atoms. The largest absolute Gasteiger partial charge is 0.334 e. The first kappa shape index (κ1) is 22.8. The molecule has 11 nitrogen and oxygen atoms in total. The van der Waals surface area contributed by atoms with Crippen molar-refractivity contribution in [3.63, 3.8) is 0 Å². The molecule has 1 aromatic carbocycles. The Morgan fingerprint density at radius 2 is 1.17 bits per heavy atom. The molecule has 5 rings (SSSR count). The average Bonchev–Trinajstić information content (AvgIpc) is 2.94. The molecule has 4 heterocycles. The van der Waals surface area contributed by atoms with Crippen LogP contribution < -0.4 is 10.6 Å². The lowest BCUT2D eigenvalue weighted by atomic mass is 10.2. The maximum Gasteiger partial charge on any atom is 0.272 e. The lowest BCUT2D eigenvalue weighted by molar-refractivity contribution is 0.0529. The number of pyridine rings is 1. The number of amides is 2. The Balaban J connectivity index is 1.19. The third-order valence-electron chi connectivity index (χ3n) is 5.54. The van der Waals surface area contributed by atoms with Gasteiger partial charge in [-0.1, -0.05) is 24.3 Å². The number of hydrogen-bond donors (Lipinski definition) is 2. The Bertz CT molecular complexity index is 1240. The highest BCUT2D eigenvalue weighted by Crippen LogP contribution is 2.15. The van der Waals surface area contributed by atoms with Gasteiger partial charge >= 0.3 is 0 Å². The van der Waals surface area contributed by atoms with Crippen LogP contribution in [-0.4, -0.2) is 72.7 Å². The van der Waals surface area contributed by atoms with Crippen LogP contribution in [-0.2, 0) is 0 Å². The van der Waals surface area contributed by atoms with Gasteiger partial charge in [0.15, 0.2) is 0 Å². The second kappa shape index (κ2) is 10.6. The predicted octanol–water partition coefficient (Wildman–Crippen LogP) is 2.75. The van der Waals surface area contributed by atoms with Crippen LogP contribution in [0.1, 0.15) is 21.0 Å². The summed E-state index contributed by atoms with van der Waals surface area (Å²) in [5.74, 6) is 0.798. The van der Waals surface area contributed by atoms with Crippen molar-refractivity contribution in [2.75, 3.05) is 36.8 Å². The second-order valence-electron chi connectivity index (χ2n) is 7.95. The first-order valence-corrected chi connectivity index (χ1v) is 11.4. The van der Waals surface area contributed by atoms with E-state index in [1.807, 2.05) is 42.5 Å². The van der Waals surface area contributed by atoms with Crippen LogP contribution in [0, 0.1) is 0 Å². The van der Waals surface area contributed by atoms with Crippen LogP contribution in [0.4, 0.5) is 23.4 Å². The summed E-state index contributed by atoms with van der Waals surface area (Å²) in [4.78, 5) is 50.7. The van der Waals surface area contributed by atoms with Crippen molar-refractivity contribution in [1.29, 1.82) is 0 Å². The predicted molar refractivity (Wildman–Crippen MR) is 133 cm³/mol. The average molecular weight is 482 g/mol. The van der Waals surface area contributed by atoms with E-state index in [1.165, 1.54) is 6.20 Å². The summed E-state index contributed by atoms with van der Waals surface area (Å²) in [7, 11) is 0. The highest BCUT2D eigenvalue weighted by atomic mass is 16.2. The van der Waals surface area contributed by atoms with Gasteiger partial charge < -0.3 is 20.4 Å². The molecule has 11 heteroatoms. The molecule has 0 saturated carbocycles. The Kier molecular flexibility index (Phi) is 6.70. The van der Waals surface area contributed by atoms with Crippen LogP contribution >= 0.6 is 0 Å². The first-order chi connectivity index (χ1) is 17.7. The highest BCUT2D eigenvalue weighted by molar-refractivity contribution is 5.94. The van der Waals surface area contributed by atoms with Crippen molar-refractivity contribution in [1.82, 2.24) is 34.7 Å². The third-order valence-corrected chi connectivity index (χ3v) is 5.54. The van der Waals surface area contributed by atoms with Gasteiger partial charge in [-0.3, -0.25) is 9.59 Å². The number of hydrogen-bond acceptors (Lipinski definition) is 9. The van der Waals surface area contributed by atoms with E-state index in [0.29, 0.717) is 43.6 Å². The van der Waals surface area contributed by atoms with Gasteiger partial charge in [0.1, 0.15) is 17.2 Å². The molecule has 3 aromatic heterocycles. The fourth-order valence-electron chi connectivity index (χ4n) is 3.71. The van der Waals surface area contributed by atoms with Gasteiger partial charge in [-0.05, 0) is 36.4 Å². The number of aromatic nitrogens is 5. The molecule has 1 aliphatic heterocycles. The minimum Gasteiger partial charge on any atom is -0.334 e. The SMILES string of the molecule is O=C(c1ccnc(Nc2ccccc2)n1)N1CCN(C(=O)c2ccnc(Nc3ccccn3)n2)CC1. The topological polar surface area (TPSA) is 129 Å². The molecule has 0 spiro atoms. The van der Waals surface area contributed by atoms with E-state index >= 15 is 0 Å². The smallest absolute Gasteiger partial charge is 0.272 e. The molecule has 2 amide bonds. The summed E-state index contributed by atoms with van der Waals surface area (Å²) < 4.78 is 0. The van der Waals surface area contributed by atoms with Gasteiger partial charge in [0, 0.05) is 50.5 Å². The maximum atomic E-state index is 13.0. The standard InChI is InChI=1S/C25H23N9O2/c35-22(19-9-12-27-24(30-19)29-18-6-2-1-3-7-18)33-14-16-34(17-15-33)23(36)20-10-13-28-25(31-20)32-21-8-4-5-11-26-21/h1-13H,14-17H2,(H,27,29,30)(H,26,28,31,32). The normalized spacial score (nSPS) is 13.2. The number of carbonyl (C=O) groups is 2. The van der Waals surface area contributed by atoms with Gasteiger partial charge in [-0.25, -0.2) is 24.9 Å². The fraction of sp³-hybridized carbons (Fsp3) is 0.160. The van der Waals surface area contributed by atoms with Gasteiger partial charge in [0.25, 0.3) is 11.8 Å². The van der Waals surface area contributed by atoms with E-state index in [-0.39, 0.29) is 23.5 Å². The number of benzene rings is 1. The number of carbonyl (C=O) groups excluding carboxylic acids is 2. The van der Waals surface area contributed by atoms with Crippen molar-refractivity contribution in [3.8, 4) is 0 Å². The molecule has 36 heavy (non-hydrogen) atoms. The molecular weight excluding hydrogens is 458 g/mol. The maximum absolute atomic E-state index is 13.0. The lowest BCUT2D eigenvalue weighted by Gasteiger charge is -2.34. The van der Waals surface area contributed by atoms with E-state index in [2.05, 4.69) is 35.6 Å². The summed E-state index contributed by atoms with van der Waals surface area (Å²) >= 11 is 0. The third kappa shape index (κ3) is 5.41. The zero-order valence-electron chi connectivity index (χ0n) is 19.3. The Morgan fingerprint density at radius 1 is 0.611 bits per heavy atom. The Morgan fingerprint density at radius 3 is 1.72 bits per heavy atom. The molecule has 180 valence electrons. The highest BCUT2D eigenvalue weighted by Gasteiger charge is 2.27. The van der Waals surface area contributed by atoms with Crippen molar-refractivity contribution < 1.29 is 9.59 Å². The van der Waals surface area contributed by atoms with E-state index in [9.17, 15) is 9.59 Å². The van der Waals surface area contributed by atoms with Crippen LogP contribution in [0.15, 0.2) is 79.3 Å². The first-order valence-electron chi connectivity index (χ1n) is 11.4. The zero-order chi connectivity index (χ0) is 24.7. The number of nitrogens with one attached hydrogen (secondary N) is 2. The lowest BCUT2D eigenvalue weighted by Crippen LogP contribution is -2.50. The quantitative estimate of drug-likeness (QED) is 0.427. The van der Waals surface area contributed by atoms with E-state index in [0.717, 1.165) is 5.69 Å². The number of piperazine rings is 1. The Hall–Kier alpha value is -4.93. The number of nitrogens with zero attached hydrogens (tertiary/aromatic N) is 7. The van der Waals surface area contributed by atoms with Crippen LogP contribution in [0.25, 0.3) is 0 Å². The number of anilines is 4. The zero-order valence-corrected chi connectivity index (χ0v) is 19.3. The molecule has 0 atom stereocenters. The van der Waals surface area contributed by atoms with Crippen LogP contribution in [0.3, 0.4) is 0 Å². The summed E-state index contributed by atoms with van der Waals surface area (Å²) in [5, 5.41) is 6.08. The summed E-state index contributed by atoms with van der Waals surface area (Å²) in [6, 6.07) is 18.1. The molecular formula is C25H23N9O2. The molecule has 4 aromatic rings. The molecule has 0 radical (unpaired) electrons. The van der Waals surface area contributed by atoms with E-state index < -0.39 is 0 Å². The molecule has 1 saturated heterocycles. The monoisotopic (exact) mass is 481 g/mol. The van der Waals surface area contributed by atoms with E-state index in [1.54, 1.807) is 40.4 Å². The molecule has 2 N–H and O–H groups in total. The summed E-state index contributed by atoms with van der Waals surface area (Å²) in [6.07, 6.45) is 4.73. The van der Waals surface area contributed by atoms with Crippen molar-refractivity contribution >= 4 is 35.2 Å². The molecule has 0 aliphatic carbocycles. The van der Waals surface area contributed by atoms with Crippen molar-refractivity contribution in [2.45, 2.75) is 0 Å². The molecule has 0 unspecified atom stereocenters.